The molecule has 2 rings (SSSR count). The number of primary amides is 1. The van der Waals surface area contributed by atoms with E-state index in [9.17, 15) is 19.5 Å². The summed E-state index contributed by atoms with van der Waals surface area (Å²) in [5, 5.41) is 25.4. The van der Waals surface area contributed by atoms with Gasteiger partial charge in [-0.3, -0.25) is 4.79 Å². The Kier molecular flexibility index (Phi) is 10.4. The number of ether oxygens (including phenoxy) is 1. The summed E-state index contributed by atoms with van der Waals surface area (Å²) in [6, 6.07) is 4.57. The molecule has 6 N–H and O–H groups in total. The molecule has 1 aromatic heterocycles. The van der Waals surface area contributed by atoms with Gasteiger partial charge in [-0.15, -0.1) is 5.10 Å². The van der Waals surface area contributed by atoms with Crippen molar-refractivity contribution in [2.45, 2.75) is 32.5 Å². The molecule has 2 aromatic rings. The first-order valence-corrected chi connectivity index (χ1v) is 10.9. The summed E-state index contributed by atoms with van der Waals surface area (Å²) >= 11 is 0. The van der Waals surface area contributed by atoms with Crippen LogP contribution in [0.15, 0.2) is 55.3 Å². The highest BCUT2D eigenvalue weighted by Crippen LogP contribution is 2.22. The lowest BCUT2D eigenvalue weighted by atomic mass is 10.0. The van der Waals surface area contributed by atoms with Crippen molar-refractivity contribution in [1.29, 1.82) is 0 Å². The molecule has 2 atom stereocenters. The number of amides is 4. The number of benzene rings is 1. The summed E-state index contributed by atoms with van der Waals surface area (Å²) in [6.45, 7) is 7.36. The molecule has 0 radical (unpaired) electrons. The normalized spacial score (nSPS) is 12.7. The van der Waals surface area contributed by atoms with E-state index in [1.165, 1.54) is 10.8 Å². The Balaban J connectivity index is 2.26. The minimum atomic E-state index is -0.927. The highest BCUT2D eigenvalue weighted by molar-refractivity contribution is 5.94. The molecule has 0 aliphatic rings. The van der Waals surface area contributed by atoms with Crippen LogP contribution in [0.1, 0.15) is 37.2 Å². The van der Waals surface area contributed by atoms with E-state index < -0.39 is 30.1 Å². The van der Waals surface area contributed by atoms with Crippen LogP contribution in [-0.4, -0.2) is 51.3 Å². The highest BCUT2D eigenvalue weighted by Gasteiger charge is 2.25. The molecular weight excluding hydrogens is 454 g/mol. The quantitative estimate of drug-likeness (QED) is 0.285. The highest BCUT2D eigenvalue weighted by atomic mass is 16.5. The predicted molar refractivity (Wildman–Crippen MR) is 129 cm³/mol. The number of alkyl carbamates (subject to hydrolysis) is 1. The minimum absolute atomic E-state index is 0.0518. The second kappa shape index (κ2) is 13.5. The largest absolute Gasteiger partial charge is 0.445 e. The fourth-order valence-corrected chi connectivity index (χ4v) is 3.02. The Morgan fingerprint density at radius 2 is 1.97 bits per heavy atom. The van der Waals surface area contributed by atoms with Crippen molar-refractivity contribution in [3.05, 3.63) is 66.5 Å². The standard InChI is InChI=1S/C23H31N7O5/c1-4-12-35-23(34)27-20(15(2)3)18-13-30(29-28-18)19(6-5-11-25-22(24)33)21(32)26-17-9-7-16(14-31)8-10-17/h4-10,13,15,19-20,31H,1,11-12,14H2,2-3H3,(H,26,32)(H,27,34)(H3,24,25,33)/b6-5+/t19-,20-/m0/s1. The van der Waals surface area contributed by atoms with Crippen LogP contribution < -0.4 is 21.7 Å². The van der Waals surface area contributed by atoms with E-state index in [-0.39, 0.29) is 25.7 Å². The van der Waals surface area contributed by atoms with Crippen LogP contribution in [0.5, 0.6) is 0 Å². The number of rotatable bonds is 12. The van der Waals surface area contributed by atoms with E-state index in [1.54, 1.807) is 42.6 Å². The molecule has 0 fully saturated rings. The topological polar surface area (TPSA) is 173 Å². The van der Waals surface area contributed by atoms with Crippen LogP contribution in [0, 0.1) is 5.92 Å². The molecule has 1 heterocycles. The molecule has 4 amide bonds. The SMILES string of the molecule is C=CCOC(=O)N[C@H](c1cn([C@@H](/C=C/CNC(N)=O)C(=O)Nc2ccc(CO)cc2)nn1)C(C)C. The number of carbonyl (C=O) groups is 3. The molecule has 0 saturated heterocycles. The average Bonchev–Trinajstić information content (AvgIpc) is 3.30. The molecule has 12 nitrogen and oxygen atoms in total. The summed E-state index contributed by atoms with van der Waals surface area (Å²) in [6.07, 6.45) is 5.50. The fourth-order valence-electron chi connectivity index (χ4n) is 3.02. The summed E-state index contributed by atoms with van der Waals surface area (Å²) in [4.78, 5) is 36.1. The monoisotopic (exact) mass is 485 g/mol. The van der Waals surface area contributed by atoms with Crippen molar-refractivity contribution in [3.8, 4) is 0 Å². The predicted octanol–water partition coefficient (Wildman–Crippen LogP) is 1.78. The van der Waals surface area contributed by atoms with E-state index in [4.69, 9.17) is 10.5 Å². The lowest BCUT2D eigenvalue weighted by Crippen LogP contribution is -2.32. The number of nitrogens with one attached hydrogen (secondary N) is 3. The van der Waals surface area contributed by atoms with Crippen LogP contribution in [0.4, 0.5) is 15.3 Å². The zero-order chi connectivity index (χ0) is 25.8. The molecule has 12 heteroatoms. The lowest BCUT2D eigenvalue weighted by molar-refractivity contribution is -0.118. The number of carbonyl (C=O) groups excluding carboxylic acids is 3. The third-order valence-electron chi connectivity index (χ3n) is 4.79. The van der Waals surface area contributed by atoms with Gasteiger partial charge >= 0.3 is 12.1 Å². The molecule has 0 unspecified atom stereocenters. The summed E-state index contributed by atoms with van der Waals surface area (Å²) in [5.41, 5.74) is 6.74. The Morgan fingerprint density at radius 1 is 1.26 bits per heavy atom. The van der Waals surface area contributed by atoms with Gasteiger partial charge in [-0.25, -0.2) is 14.3 Å². The van der Waals surface area contributed by atoms with Crippen molar-refractivity contribution in [2.24, 2.45) is 11.7 Å². The molecular formula is C23H31N7O5. The Hall–Kier alpha value is -4.19. The van der Waals surface area contributed by atoms with Gasteiger partial charge in [0.1, 0.15) is 12.3 Å². The van der Waals surface area contributed by atoms with E-state index in [0.29, 0.717) is 16.9 Å². The third kappa shape index (κ3) is 8.59. The number of urea groups is 1. The summed E-state index contributed by atoms with van der Waals surface area (Å²) in [5.74, 6) is -0.475. The van der Waals surface area contributed by atoms with Crippen LogP contribution in [-0.2, 0) is 16.1 Å². The zero-order valence-corrected chi connectivity index (χ0v) is 19.7. The maximum atomic E-state index is 13.1. The number of aliphatic hydroxyl groups is 1. The van der Waals surface area contributed by atoms with Crippen LogP contribution >= 0.6 is 0 Å². The van der Waals surface area contributed by atoms with Gasteiger partial charge in [0.25, 0.3) is 5.91 Å². The number of nitrogens with zero attached hydrogens (tertiary/aromatic N) is 3. The van der Waals surface area contributed by atoms with Crippen LogP contribution in [0.25, 0.3) is 0 Å². The van der Waals surface area contributed by atoms with Gasteiger partial charge in [0, 0.05) is 12.2 Å². The second-order valence-corrected chi connectivity index (χ2v) is 7.84. The molecule has 35 heavy (non-hydrogen) atoms. The molecule has 0 spiro atoms. The molecule has 1 aromatic carbocycles. The Bertz CT molecular complexity index is 1030. The van der Waals surface area contributed by atoms with Crippen LogP contribution in [0.3, 0.4) is 0 Å². The molecule has 0 aliphatic heterocycles. The van der Waals surface area contributed by atoms with Crippen molar-refractivity contribution in [2.75, 3.05) is 18.5 Å². The van der Waals surface area contributed by atoms with Crippen molar-refractivity contribution in [1.82, 2.24) is 25.6 Å². The van der Waals surface area contributed by atoms with Crippen molar-refractivity contribution < 1.29 is 24.2 Å². The number of anilines is 1. The lowest BCUT2D eigenvalue weighted by Gasteiger charge is -2.19. The number of aliphatic hydroxyl groups excluding tert-OH is 1. The first-order valence-electron chi connectivity index (χ1n) is 10.9. The third-order valence-corrected chi connectivity index (χ3v) is 4.79. The molecule has 0 bridgehead atoms. The second-order valence-electron chi connectivity index (χ2n) is 7.84. The van der Waals surface area contributed by atoms with Gasteiger partial charge in [0.2, 0.25) is 0 Å². The van der Waals surface area contributed by atoms with Crippen molar-refractivity contribution in [3.63, 3.8) is 0 Å². The van der Waals surface area contributed by atoms with Crippen molar-refractivity contribution >= 4 is 23.7 Å². The van der Waals surface area contributed by atoms with Gasteiger partial charge in [0.15, 0.2) is 6.04 Å². The molecule has 0 saturated carbocycles. The number of aromatic nitrogens is 3. The molecule has 0 aliphatic carbocycles. The zero-order valence-electron chi connectivity index (χ0n) is 19.7. The number of hydrogen-bond donors (Lipinski definition) is 5. The number of hydrogen-bond acceptors (Lipinski definition) is 7. The maximum Gasteiger partial charge on any atom is 0.407 e. The first kappa shape index (κ1) is 27.1. The Morgan fingerprint density at radius 3 is 2.57 bits per heavy atom. The van der Waals surface area contributed by atoms with E-state index in [1.807, 2.05) is 13.8 Å². The minimum Gasteiger partial charge on any atom is -0.445 e. The number of nitrogens with two attached hydrogens (primary N) is 1. The average molecular weight is 486 g/mol. The van der Waals surface area contributed by atoms with Gasteiger partial charge in [-0.2, -0.15) is 0 Å². The fraction of sp³-hybridized carbons (Fsp3) is 0.348. The first-order chi connectivity index (χ1) is 16.7. The van der Waals surface area contributed by atoms with Crippen LogP contribution in [0.2, 0.25) is 0 Å². The van der Waals surface area contributed by atoms with E-state index in [0.717, 1.165) is 0 Å². The smallest absolute Gasteiger partial charge is 0.407 e. The van der Waals surface area contributed by atoms with E-state index >= 15 is 0 Å². The van der Waals surface area contributed by atoms with Gasteiger partial charge in [0.05, 0.1) is 18.8 Å². The summed E-state index contributed by atoms with van der Waals surface area (Å²) in [7, 11) is 0. The van der Waals surface area contributed by atoms with Gasteiger partial charge in [-0.1, -0.05) is 56.0 Å². The maximum absolute atomic E-state index is 13.1. The summed E-state index contributed by atoms with van der Waals surface area (Å²) < 4.78 is 6.34. The Labute approximate surface area is 203 Å². The van der Waals surface area contributed by atoms with Gasteiger partial charge in [-0.05, 0) is 23.6 Å². The molecule has 188 valence electrons. The van der Waals surface area contributed by atoms with E-state index in [2.05, 4.69) is 32.8 Å². The van der Waals surface area contributed by atoms with Gasteiger partial charge < -0.3 is 31.5 Å².